The van der Waals surface area contributed by atoms with Gasteiger partial charge in [0.05, 0.1) is 4.90 Å². The van der Waals surface area contributed by atoms with Gasteiger partial charge in [-0.3, -0.25) is 4.79 Å². The van der Waals surface area contributed by atoms with Crippen molar-refractivity contribution in [2.24, 2.45) is 0 Å². The fraction of sp³-hybridized carbons (Fsp3) is 0.278. The smallest absolute Gasteiger partial charge is 0.242 e. The van der Waals surface area contributed by atoms with Crippen LogP contribution < -0.4 is 5.32 Å². The van der Waals surface area contributed by atoms with Gasteiger partial charge in [0.25, 0.3) is 0 Å². The molecule has 0 saturated heterocycles. The maximum atomic E-state index is 12.0. The summed E-state index contributed by atoms with van der Waals surface area (Å²) in [5.41, 5.74) is 1.80. The number of rotatable bonds is 7. The third-order valence-electron chi connectivity index (χ3n) is 3.54. The third kappa shape index (κ3) is 5.59. The number of thioether (sulfide) groups is 1. The average molecular weight is 379 g/mol. The summed E-state index contributed by atoms with van der Waals surface area (Å²) in [6.07, 6.45) is 0.385. The Balaban J connectivity index is 1.85. The van der Waals surface area contributed by atoms with Gasteiger partial charge in [0.15, 0.2) is 0 Å². The summed E-state index contributed by atoms with van der Waals surface area (Å²) in [7, 11) is -0.487. The van der Waals surface area contributed by atoms with E-state index in [2.05, 4.69) is 5.32 Å². The summed E-state index contributed by atoms with van der Waals surface area (Å²) in [6, 6.07) is 14.4. The van der Waals surface area contributed by atoms with Gasteiger partial charge < -0.3 is 5.32 Å². The van der Waals surface area contributed by atoms with Crippen LogP contribution in [0.15, 0.2) is 58.3 Å². The Morgan fingerprint density at radius 1 is 1.04 bits per heavy atom. The minimum absolute atomic E-state index is 0.0946. The number of hydrogen-bond donors (Lipinski definition) is 1. The molecule has 2 rings (SSSR count). The van der Waals surface area contributed by atoms with Crippen LogP contribution in [0.4, 0.5) is 5.69 Å². The highest BCUT2D eigenvalue weighted by Crippen LogP contribution is 2.20. The Labute approximate surface area is 153 Å². The molecule has 0 spiro atoms. The first kappa shape index (κ1) is 19.5. The Bertz CT molecular complexity index is 814. The lowest BCUT2D eigenvalue weighted by atomic mass is 10.2. The quantitative estimate of drug-likeness (QED) is 0.750. The highest BCUT2D eigenvalue weighted by Gasteiger charge is 2.16. The third-order valence-corrected chi connectivity index (χ3v) is 6.38. The minimum Gasteiger partial charge on any atom is -0.326 e. The summed E-state index contributed by atoms with van der Waals surface area (Å²) < 4.78 is 25.2. The van der Waals surface area contributed by atoms with Gasteiger partial charge in [-0.2, -0.15) is 0 Å². The molecule has 0 bridgehead atoms. The van der Waals surface area contributed by atoms with Crippen LogP contribution in [-0.4, -0.2) is 38.5 Å². The van der Waals surface area contributed by atoms with E-state index in [9.17, 15) is 13.2 Å². The highest BCUT2D eigenvalue weighted by atomic mass is 32.2. The maximum absolute atomic E-state index is 12.0. The monoisotopic (exact) mass is 378 g/mol. The zero-order valence-corrected chi connectivity index (χ0v) is 16.2. The van der Waals surface area contributed by atoms with Crippen molar-refractivity contribution in [3.05, 3.63) is 54.1 Å². The van der Waals surface area contributed by atoms with Gasteiger partial charge in [-0.05, 0) is 43.3 Å². The predicted molar refractivity (Wildman–Crippen MR) is 102 cm³/mol. The number of benzene rings is 2. The normalized spacial score (nSPS) is 11.5. The second-order valence-corrected chi connectivity index (χ2v) is 9.09. The first-order valence-corrected chi connectivity index (χ1v) is 10.2. The lowest BCUT2D eigenvalue weighted by molar-refractivity contribution is -0.115. The molecule has 0 aliphatic heterocycles. The van der Waals surface area contributed by atoms with Crippen molar-refractivity contribution in [1.82, 2.24) is 4.31 Å². The Hall–Kier alpha value is -1.83. The fourth-order valence-electron chi connectivity index (χ4n) is 2.04. The molecule has 7 heteroatoms. The maximum Gasteiger partial charge on any atom is 0.242 e. The number of amides is 1. The van der Waals surface area contributed by atoms with Crippen molar-refractivity contribution in [3.8, 4) is 0 Å². The van der Waals surface area contributed by atoms with Gasteiger partial charge in [-0.1, -0.05) is 17.7 Å². The van der Waals surface area contributed by atoms with E-state index in [4.69, 9.17) is 0 Å². The fourth-order valence-corrected chi connectivity index (χ4v) is 3.79. The van der Waals surface area contributed by atoms with Crippen LogP contribution >= 0.6 is 11.8 Å². The van der Waals surface area contributed by atoms with Crippen molar-refractivity contribution in [1.29, 1.82) is 0 Å². The summed E-state index contributed by atoms with van der Waals surface area (Å²) >= 11 is 1.63. The highest BCUT2D eigenvalue weighted by molar-refractivity contribution is 7.99. The van der Waals surface area contributed by atoms with Crippen LogP contribution in [0.3, 0.4) is 0 Å². The second-order valence-electron chi connectivity index (χ2n) is 5.77. The zero-order valence-electron chi connectivity index (χ0n) is 14.5. The summed E-state index contributed by atoms with van der Waals surface area (Å²) in [4.78, 5) is 13.3. The van der Waals surface area contributed by atoms with Gasteiger partial charge in [0.2, 0.25) is 15.9 Å². The first-order valence-electron chi connectivity index (χ1n) is 7.81. The van der Waals surface area contributed by atoms with Crippen molar-refractivity contribution in [2.45, 2.75) is 23.1 Å². The van der Waals surface area contributed by atoms with Crippen LogP contribution in [0.5, 0.6) is 0 Å². The van der Waals surface area contributed by atoms with E-state index in [1.54, 1.807) is 23.9 Å². The predicted octanol–water partition coefficient (Wildman–Crippen LogP) is 3.37. The van der Waals surface area contributed by atoms with Gasteiger partial charge in [0.1, 0.15) is 0 Å². The minimum atomic E-state index is -3.45. The molecule has 5 nitrogen and oxygen atoms in total. The number of carbonyl (C=O) groups excluding carboxylic acids is 1. The largest absolute Gasteiger partial charge is 0.326 e. The van der Waals surface area contributed by atoms with Crippen LogP contribution in [0.25, 0.3) is 0 Å². The van der Waals surface area contributed by atoms with Crippen molar-refractivity contribution in [2.75, 3.05) is 25.2 Å². The van der Waals surface area contributed by atoms with E-state index >= 15 is 0 Å². The SMILES string of the molecule is Cc1ccc(SCCC(=O)Nc2ccc(S(=O)(=O)N(C)C)cc2)cc1. The molecule has 0 atom stereocenters. The van der Waals surface area contributed by atoms with E-state index in [-0.39, 0.29) is 10.8 Å². The molecule has 1 N–H and O–H groups in total. The summed E-state index contributed by atoms with van der Waals surface area (Å²) in [5, 5.41) is 2.78. The van der Waals surface area contributed by atoms with Crippen molar-refractivity contribution >= 4 is 33.4 Å². The number of aryl methyl sites for hydroxylation is 1. The average Bonchev–Trinajstić information content (AvgIpc) is 2.57. The molecule has 0 aromatic heterocycles. The molecule has 0 fully saturated rings. The number of hydrogen-bond acceptors (Lipinski definition) is 4. The number of nitrogens with one attached hydrogen (secondary N) is 1. The van der Waals surface area contributed by atoms with E-state index in [0.717, 1.165) is 9.20 Å². The summed E-state index contributed by atoms with van der Waals surface area (Å²) in [6.45, 7) is 2.04. The molecule has 2 aromatic carbocycles. The zero-order chi connectivity index (χ0) is 18.4. The van der Waals surface area contributed by atoms with E-state index in [1.165, 1.54) is 31.8 Å². The molecule has 0 unspecified atom stereocenters. The first-order chi connectivity index (χ1) is 11.8. The Morgan fingerprint density at radius 2 is 1.64 bits per heavy atom. The van der Waals surface area contributed by atoms with Gasteiger partial charge in [-0.15, -0.1) is 11.8 Å². The number of sulfonamides is 1. The summed E-state index contributed by atoms with van der Waals surface area (Å²) in [5.74, 6) is 0.588. The molecule has 0 saturated carbocycles. The van der Waals surface area contributed by atoms with Gasteiger partial charge >= 0.3 is 0 Å². The number of nitrogens with zero attached hydrogens (tertiary/aromatic N) is 1. The molecule has 0 aliphatic carbocycles. The van der Waals surface area contributed by atoms with E-state index in [1.807, 2.05) is 31.2 Å². The van der Waals surface area contributed by atoms with Gasteiger partial charge in [-0.25, -0.2) is 12.7 Å². The van der Waals surface area contributed by atoms with Crippen molar-refractivity contribution < 1.29 is 13.2 Å². The molecule has 0 aliphatic rings. The molecule has 0 heterocycles. The molecule has 1 amide bonds. The Morgan fingerprint density at radius 3 is 2.20 bits per heavy atom. The van der Waals surface area contributed by atoms with Gasteiger partial charge in [0, 0.05) is 36.9 Å². The van der Waals surface area contributed by atoms with Crippen LogP contribution in [-0.2, 0) is 14.8 Å². The van der Waals surface area contributed by atoms with E-state index in [0.29, 0.717) is 17.9 Å². The van der Waals surface area contributed by atoms with Crippen LogP contribution in [0.2, 0.25) is 0 Å². The standard InChI is InChI=1S/C18H22N2O3S2/c1-14-4-8-16(9-5-14)24-13-12-18(21)19-15-6-10-17(11-7-15)25(22,23)20(2)3/h4-11H,12-13H2,1-3H3,(H,19,21). The second kappa shape index (κ2) is 8.51. The topological polar surface area (TPSA) is 66.5 Å². The molecule has 0 radical (unpaired) electrons. The number of carbonyl (C=O) groups is 1. The molecule has 134 valence electrons. The Kier molecular flexibility index (Phi) is 6.64. The molecule has 25 heavy (non-hydrogen) atoms. The molecular formula is C18H22N2O3S2. The molecular weight excluding hydrogens is 356 g/mol. The van der Waals surface area contributed by atoms with Crippen molar-refractivity contribution in [3.63, 3.8) is 0 Å². The van der Waals surface area contributed by atoms with Crippen LogP contribution in [0.1, 0.15) is 12.0 Å². The lowest BCUT2D eigenvalue weighted by Gasteiger charge is -2.12. The number of anilines is 1. The lowest BCUT2D eigenvalue weighted by Crippen LogP contribution is -2.22. The molecule has 2 aromatic rings. The van der Waals surface area contributed by atoms with Crippen LogP contribution in [0, 0.1) is 6.92 Å². The van der Waals surface area contributed by atoms with E-state index < -0.39 is 10.0 Å².